The maximum absolute atomic E-state index is 15.2. The normalized spacial score (nSPS) is 16.3. The second-order valence-electron chi connectivity index (χ2n) is 7.88. The Morgan fingerprint density at radius 2 is 2.00 bits per heavy atom. The summed E-state index contributed by atoms with van der Waals surface area (Å²) in [5.41, 5.74) is 4.76. The van der Waals surface area contributed by atoms with E-state index in [0.717, 1.165) is 31.9 Å². The molecule has 1 aromatic heterocycles. The Morgan fingerprint density at radius 1 is 1.22 bits per heavy atom. The lowest BCUT2D eigenvalue weighted by molar-refractivity contribution is -0.384. The van der Waals surface area contributed by atoms with Crippen molar-refractivity contribution in [2.45, 2.75) is 6.92 Å². The van der Waals surface area contributed by atoms with E-state index in [4.69, 9.17) is 0 Å². The number of fused-ring (bicyclic) bond motifs is 2. The van der Waals surface area contributed by atoms with Gasteiger partial charge in [-0.2, -0.15) is 0 Å². The number of anilines is 2. The number of nitrogens with zero attached hydrogens (tertiary/aromatic N) is 5. The van der Waals surface area contributed by atoms with Crippen LogP contribution in [0.25, 0.3) is 22.3 Å². The Hall–Kier alpha value is -3.72. The molecule has 0 radical (unpaired) electrons. The molecule has 0 spiro atoms. The van der Waals surface area contributed by atoms with Gasteiger partial charge in [-0.3, -0.25) is 14.7 Å². The summed E-state index contributed by atoms with van der Waals surface area (Å²) in [7, 11) is 0. The number of non-ortho nitro benzene ring substituents is 1. The molecule has 0 saturated carbocycles. The maximum atomic E-state index is 15.2. The molecular weight excluding hydrogens is 411 g/mol. The number of nitro groups is 1. The van der Waals surface area contributed by atoms with Gasteiger partial charge < -0.3 is 15.1 Å². The van der Waals surface area contributed by atoms with Crippen LogP contribution in [0.1, 0.15) is 12.5 Å². The number of hydrogen-bond acceptors (Lipinski definition) is 6. The topological polar surface area (TPSA) is 79.5 Å². The molecule has 0 bridgehead atoms. The first kappa shape index (κ1) is 20.2. The van der Waals surface area contributed by atoms with E-state index in [1.54, 1.807) is 23.0 Å². The Bertz CT molecular complexity index is 1270. The molecule has 2 aromatic carbocycles. The highest BCUT2D eigenvalue weighted by Crippen LogP contribution is 2.42. The minimum absolute atomic E-state index is 0.0132. The summed E-state index contributed by atoms with van der Waals surface area (Å²) < 4.78 is 17.0. The average Bonchev–Trinajstić information content (AvgIpc) is 3.23. The quantitative estimate of drug-likeness (QED) is 0.496. The van der Waals surface area contributed by atoms with E-state index in [-0.39, 0.29) is 11.5 Å². The number of nitrogens with one attached hydrogen (secondary N) is 1. The molecule has 5 rings (SSSR count). The zero-order chi connectivity index (χ0) is 22.4. The predicted molar refractivity (Wildman–Crippen MR) is 124 cm³/mol. The fourth-order valence-electron chi connectivity index (χ4n) is 4.38. The van der Waals surface area contributed by atoms with Gasteiger partial charge >= 0.3 is 0 Å². The lowest BCUT2D eigenvalue weighted by atomic mass is 9.97. The molecule has 0 atom stereocenters. The molecule has 1 fully saturated rings. The Morgan fingerprint density at radius 3 is 2.72 bits per heavy atom. The number of aromatic nitrogens is 2. The number of halogens is 1. The van der Waals surface area contributed by atoms with Gasteiger partial charge in [0.15, 0.2) is 0 Å². The lowest BCUT2D eigenvalue weighted by Crippen LogP contribution is -2.44. The number of imidazole rings is 1. The van der Waals surface area contributed by atoms with E-state index in [0.29, 0.717) is 40.1 Å². The summed E-state index contributed by atoms with van der Waals surface area (Å²) in [4.78, 5) is 19.3. The van der Waals surface area contributed by atoms with E-state index in [1.165, 1.54) is 12.1 Å². The van der Waals surface area contributed by atoms with E-state index in [9.17, 15) is 10.1 Å². The van der Waals surface area contributed by atoms with E-state index in [2.05, 4.69) is 21.8 Å². The van der Waals surface area contributed by atoms with Gasteiger partial charge in [0.2, 0.25) is 0 Å². The zero-order valence-electron chi connectivity index (χ0n) is 17.7. The number of rotatable bonds is 4. The molecule has 3 heterocycles. The number of piperazine rings is 1. The van der Waals surface area contributed by atoms with E-state index < -0.39 is 4.92 Å². The van der Waals surface area contributed by atoms with Gasteiger partial charge in [-0.1, -0.05) is 6.58 Å². The van der Waals surface area contributed by atoms with Crippen molar-refractivity contribution < 1.29 is 9.31 Å². The Kier molecular flexibility index (Phi) is 4.90. The summed E-state index contributed by atoms with van der Waals surface area (Å²) in [6, 6.07) is 8.00. The molecule has 8 nitrogen and oxygen atoms in total. The van der Waals surface area contributed by atoms with Crippen molar-refractivity contribution in [2.24, 2.45) is 0 Å². The van der Waals surface area contributed by atoms with Crippen molar-refractivity contribution >= 4 is 39.4 Å². The van der Waals surface area contributed by atoms with Gasteiger partial charge in [-0.25, -0.2) is 9.37 Å². The average molecular weight is 434 g/mol. The highest BCUT2D eigenvalue weighted by molar-refractivity contribution is 6.06. The van der Waals surface area contributed by atoms with E-state index in [1.807, 2.05) is 24.1 Å². The molecule has 0 aliphatic carbocycles. The SMILES string of the molecule is C=C1C(n2cnc3ccc([N+](=O)[O-])cc32)=CN(CC)c2cc(N3CCNCC3)c(F)cc21. The number of allylic oxidation sites excluding steroid dienone is 2. The third-order valence-corrected chi connectivity index (χ3v) is 6.09. The fraction of sp³-hybridized carbons (Fsp3) is 0.261. The Labute approximate surface area is 184 Å². The van der Waals surface area contributed by atoms with Crippen LogP contribution < -0.4 is 15.1 Å². The van der Waals surface area contributed by atoms with Crippen molar-refractivity contribution in [2.75, 3.05) is 42.5 Å². The summed E-state index contributed by atoms with van der Waals surface area (Å²) >= 11 is 0. The third-order valence-electron chi connectivity index (χ3n) is 6.09. The minimum Gasteiger partial charge on any atom is -0.367 e. The highest BCUT2D eigenvalue weighted by Gasteiger charge is 2.26. The molecule has 164 valence electrons. The van der Waals surface area contributed by atoms with E-state index >= 15 is 4.39 Å². The van der Waals surface area contributed by atoms with Crippen molar-refractivity contribution in [3.05, 3.63) is 70.9 Å². The largest absolute Gasteiger partial charge is 0.367 e. The summed E-state index contributed by atoms with van der Waals surface area (Å²) in [6.07, 6.45) is 3.57. The van der Waals surface area contributed by atoms with Crippen LogP contribution in [0.4, 0.5) is 21.5 Å². The fourth-order valence-corrected chi connectivity index (χ4v) is 4.38. The molecule has 2 aliphatic heterocycles. The van der Waals surface area contributed by atoms with Gasteiger partial charge in [0.1, 0.15) is 12.1 Å². The summed E-state index contributed by atoms with van der Waals surface area (Å²) in [5, 5.41) is 14.6. The standard InChI is InChI=1S/C23H23FN6O2/c1-3-27-13-23(29-14-26-19-5-4-16(30(31)32)10-22(19)29)15(2)17-11-18(24)21(12-20(17)27)28-8-6-25-7-9-28/h4-5,10-14,25H,2-3,6-9H2,1H3. The first-order chi connectivity index (χ1) is 15.5. The van der Waals surface area contributed by atoms with Crippen molar-refractivity contribution in [3.8, 4) is 0 Å². The van der Waals surface area contributed by atoms with Crippen LogP contribution in [-0.4, -0.2) is 47.2 Å². The summed E-state index contributed by atoms with van der Waals surface area (Å²) in [5.74, 6) is -0.282. The molecular formula is C23H23FN6O2. The third kappa shape index (κ3) is 3.21. The molecule has 1 N–H and O–H groups in total. The molecule has 2 aliphatic rings. The van der Waals surface area contributed by atoms with Gasteiger partial charge in [0.25, 0.3) is 5.69 Å². The van der Waals surface area contributed by atoms with Crippen LogP contribution in [0, 0.1) is 15.9 Å². The van der Waals surface area contributed by atoms with Crippen LogP contribution in [0.2, 0.25) is 0 Å². The second-order valence-corrected chi connectivity index (χ2v) is 7.88. The second kappa shape index (κ2) is 7.76. The van der Waals surface area contributed by atoms with Gasteiger partial charge in [0.05, 0.1) is 33.0 Å². The smallest absolute Gasteiger partial charge is 0.271 e. The van der Waals surface area contributed by atoms with Crippen LogP contribution in [-0.2, 0) is 0 Å². The predicted octanol–water partition coefficient (Wildman–Crippen LogP) is 3.84. The van der Waals surface area contributed by atoms with Crippen molar-refractivity contribution in [1.82, 2.24) is 14.9 Å². The minimum atomic E-state index is -0.429. The van der Waals surface area contributed by atoms with Crippen LogP contribution in [0.15, 0.2) is 49.4 Å². The lowest BCUT2D eigenvalue weighted by Gasteiger charge is -2.34. The van der Waals surface area contributed by atoms with Gasteiger partial charge in [-0.15, -0.1) is 0 Å². The van der Waals surface area contributed by atoms with Gasteiger partial charge in [0, 0.05) is 62.2 Å². The number of benzene rings is 2. The van der Waals surface area contributed by atoms with Crippen LogP contribution in [0.3, 0.4) is 0 Å². The maximum Gasteiger partial charge on any atom is 0.271 e. The van der Waals surface area contributed by atoms with Gasteiger partial charge in [-0.05, 0) is 25.1 Å². The molecule has 3 aromatic rings. The first-order valence-corrected chi connectivity index (χ1v) is 10.6. The van der Waals surface area contributed by atoms with Crippen LogP contribution >= 0.6 is 0 Å². The molecule has 0 amide bonds. The zero-order valence-corrected chi connectivity index (χ0v) is 17.7. The summed E-state index contributed by atoms with van der Waals surface area (Å²) in [6.45, 7) is 10.1. The molecule has 1 saturated heterocycles. The number of nitro benzene ring substituents is 1. The highest BCUT2D eigenvalue weighted by atomic mass is 19.1. The van der Waals surface area contributed by atoms with Crippen molar-refractivity contribution in [3.63, 3.8) is 0 Å². The van der Waals surface area contributed by atoms with Crippen LogP contribution in [0.5, 0.6) is 0 Å². The molecule has 9 heteroatoms. The van der Waals surface area contributed by atoms with Crippen molar-refractivity contribution in [1.29, 1.82) is 0 Å². The Balaban J connectivity index is 1.61. The number of hydrogen-bond donors (Lipinski definition) is 1. The molecule has 32 heavy (non-hydrogen) atoms. The first-order valence-electron chi connectivity index (χ1n) is 10.6. The molecule has 0 unspecified atom stereocenters. The monoisotopic (exact) mass is 434 g/mol.